The number of halogens is 1. The van der Waals surface area contributed by atoms with Gasteiger partial charge in [0, 0.05) is 10.7 Å². The third kappa shape index (κ3) is 2.44. The van der Waals surface area contributed by atoms with E-state index in [1.54, 1.807) is 30.3 Å². The molecule has 2 aromatic carbocycles. The molecule has 0 saturated carbocycles. The number of carbonyl (C=O) groups is 1. The summed E-state index contributed by atoms with van der Waals surface area (Å²) in [5, 5.41) is 12.6. The van der Waals surface area contributed by atoms with Crippen LogP contribution in [0.4, 0.5) is 11.6 Å². The molecule has 3 N–H and O–H groups in total. The van der Waals surface area contributed by atoms with Crippen LogP contribution < -0.4 is 5.32 Å². The van der Waals surface area contributed by atoms with Gasteiger partial charge in [-0.05, 0) is 36.4 Å². The van der Waals surface area contributed by atoms with Crippen molar-refractivity contribution in [1.82, 2.24) is 9.97 Å². The highest BCUT2D eigenvalue weighted by atomic mass is 35.5. The van der Waals surface area contributed by atoms with E-state index in [4.69, 9.17) is 16.7 Å². The summed E-state index contributed by atoms with van der Waals surface area (Å²) in [6.07, 6.45) is 0. The second kappa shape index (κ2) is 4.86. The van der Waals surface area contributed by atoms with Crippen LogP contribution in [0.5, 0.6) is 0 Å². The average Bonchev–Trinajstić information content (AvgIpc) is 2.80. The highest BCUT2D eigenvalue weighted by molar-refractivity contribution is 6.31. The SMILES string of the molecule is O=C(O)c1cccc(Nc2nc3ccc(Cl)cc3[nH]2)c1. The van der Waals surface area contributed by atoms with Gasteiger partial charge in [-0.3, -0.25) is 0 Å². The van der Waals surface area contributed by atoms with Gasteiger partial charge in [-0.15, -0.1) is 0 Å². The predicted octanol–water partition coefficient (Wildman–Crippen LogP) is 3.66. The monoisotopic (exact) mass is 287 g/mol. The Morgan fingerprint density at radius 3 is 2.90 bits per heavy atom. The maximum absolute atomic E-state index is 10.9. The van der Waals surface area contributed by atoms with Crippen LogP contribution in [0.15, 0.2) is 42.5 Å². The number of nitrogens with zero attached hydrogens (tertiary/aromatic N) is 1. The molecule has 0 atom stereocenters. The Morgan fingerprint density at radius 1 is 1.25 bits per heavy atom. The Hall–Kier alpha value is -2.53. The van der Waals surface area contributed by atoms with E-state index in [9.17, 15) is 4.79 Å². The number of benzene rings is 2. The molecule has 0 amide bonds. The number of anilines is 2. The zero-order valence-electron chi connectivity index (χ0n) is 10.2. The van der Waals surface area contributed by atoms with E-state index in [1.165, 1.54) is 6.07 Å². The highest BCUT2D eigenvalue weighted by Gasteiger charge is 2.06. The molecule has 0 radical (unpaired) electrons. The Bertz CT molecular complexity index is 798. The van der Waals surface area contributed by atoms with Gasteiger partial charge in [-0.25, -0.2) is 9.78 Å². The van der Waals surface area contributed by atoms with Crippen LogP contribution in [0.2, 0.25) is 5.02 Å². The number of fused-ring (bicyclic) bond motifs is 1. The van der Waals surface area contributed by atoms with Crippen molar-refractivity contribution >= 4 is 40.2 Å². The lowest BCUT2D eigenvalue weighted by Crippen LogP contribution is -1.98. The molecule has 3 aromatic rings. The summed E-state index contributed by atoms with van der Waals surface area (Å²) in [6.45, 7) is 0. The summed E-state index contributed by atoms with van der Waals surface area (Å²) in [5.41, 5.74) is 2.46. The first-order valence-electron chi connectivity index (χ1n) is 5.87. The Kier molecular flexibility index (Phi) is 3.04. The number of aromatic carboxylic acids is 1. The molecular weight excluding hydrogens is 278 g/mol. The topological polar surface area (TPSA) is 78.0 Å². The van der Waals surface area contributed by atoms with E-state index in [1.807, 2.05) is 6.07 Å². The second-order valence-corrected chi connectivity index (χ2v) is 4.69. The summed E-state index contributed by atoms with van der Waals surface area (Å²) in [4.78, 5) is 18.3. The summed E-state index contributed by atoms with van der Waals surface area (Å²) < 4.78 is 0. The normalized spacial score (nSPS) is 10.7. The zero-order valence-corrected chi connectivity index (χ0v) is 11.0. The molecule has 0 aliphatic heterocycles. The Balaban J connectivity index is 1.92. The van der Waals surface area contributed by atoms with Crippen LogP contribution in [0, 0.1) is 0 Å². The number of carboxylic acid groups (broad SMARTS) is 1. The first-order valence-corrected chi connectivity index (χ1v) is 6.25. The quantitative estimate of drug-likeness (QED) is 0.687. The lowest BCUT2D eigenvalue weighted by molar-refractivity contribution is 0.0697. The zero-order chi connectivity index (χ0) is 14.1. The predicted molar refractivity (Wildman–Crippen MR) is 77.8 cm³/mol. The molecule has 0 fully saturated rings. The summed E-state index contributed by atoms with van der Waals surface area (Å²) in [5.74, 6) is -0.435. The molecule has 0 saturated heterocycles. The number of carboxylic acids is 1. The number of H-pyrrole nitrogens is 1. The number of imidazole rings is 1. The van der Waals surface area contributed by atoms with Gasteiger partial charge in [0.1, 0.15) is 0 Å². The fourth-order valence-corrected chi connectivity index (χ4v) is 2.08. The fraction of sp³-hybridized carbons (Fsp3) is 0. The van der Waals surface area contributed by atoms with Gasteiger partial charge >= 0.3 is 5.97 Å². The molecule has 3 rings (SSSR count). The molecule has 5 nitrogen and oxygen atoms in total. The van der Waals surface area contributed by atoms with Crippen LogP contribution in [-0.2, 0) is 0 Å². The van der Waals surface area contributed by atoms with Gasteiger partial charge in [0.15, 0.2) is 0 Å². The Morgan fingerprint density at radius 2 is 2.10 bits per heavy atom. The van der Waals surface area contributed by atoms with Crippen LogP contribution >= 0.6 is 11.6 Å². The molecule has 1 aromatic heterocycles. The molecular formula is C14H10ClN3O2. The number of nitrogens with one attached hydrogen (secondary N) is 2. The van der Waals surface area contributed by atoms with Gasteiger partial charge in [0.05, 0.1) is 16.6 Å². The van der Waals surface area contributed by atoms with Crippen LogP contribution in [0.1, 0.15) is 10.4 Å². The molecule has 0 unspecified atom stereocenters. The third-order valence-electron chi connectivity index (χ3n) is 2.82. The second-order valence-electron chi connectivity index (χ2n) is 4.26. The fourth-order valence-electron chi connectivity index (χ4n) is 1.91. The number of aromatic nitrogens is 2. The van der Waals surface area contributed by atoms with E-state index in [2.05, 4.69) is 15.3 Å². The number of aromatic amines is 1. The third-order valence-corrected chi connectivity index (χ3v) is 3.05. The average molecular weight is 288 g/mol. The maximum Gasteiger partial charge on any atom is 0.335 e. The minimum Gasteiger partial charge on any atom is -0.478 e. The van der Waals surface area contributed by atoms with Crippen LogP contribution in [0.25, 0.3) is 11.0 Å². The van der Waals surface area contributed by atoms with Crippen molar-refractivity contribution < 1.29 is 9.90 Å². The van der Waals surface area contributed by atoms with Crippen molar-refractivity contribution in [1.29, 1.82) is 0 Å². The first-order chi connectivity index (χ1) is 9.61. The van der Waals surface area contributed by atoms with E-state index in [0.717, 1.165) is 11.0 Å². The number of hydrogen-bond acceptors (Lipinski definition) is 3. The lowest BCUT2D eigenvalue weighted by Gasteiger charge is -2.03. The molecule has 0 bridgehead atoms. The van der Waals surface area contributed by atoms with Gasteiger partial charge in [0.25, 0.3) is 0 Å². The maximum atomic E-state index is 10.9. The molecule has 0 aliphatic carbocycles. The minimum absolute atomic E-state index is 0.217. The molecule has 20 heavy (non-hydrogen) atoms. The van der Waals surface area contributed by atoms with Crippen LogP contribution in [-0.4, -0.2) is 21.0 Å². The molecule has 100 valence electrons. The van der Waals surface area contributed by atoms with Gasteiger partial charge < -0.3 is 15.4 Å². The molecule has 1 heterocycles. The van der Waals surface area contributed by atoms with Gasteiger partial charge in [-0.1, -0.05) is 17.7 Å². The molecule has 6 heteroatoms. The van der Waals surface area contributed by atoms with Crippen molar-refractivity contribution in [3.05, 3.63) is 53.1 Å². The lowest BCUT2D eigenvalue weighted by atomic mass is 10.2. The highest BCUT2D eigenvalue weighted by Crippen LogP contribution is 2.21. The smallest absolute Gasteiger partial charge is 0.335 e. The van der Waals surface area contributed by atoms with E-state index < -0.39 is 5.97 Å². The van der Waals surface area contributed by atoms with Gasteiger partial charge in [0.2, 0.25) is 5.95 Å². The number of rotatable bonds is 3. The number of hydrogen-bond donors (Lipinski definition) is 3. The van der Waals surface area contributed by atoms with E-state index in [0.29, 0.717) is 16.7 Å². The summed E-state index contributed by atoms with van der Waals surface area (Å²) in [7, 11) is 0. The molecule has 0 aliphatic rings. The van der Waals surface area contributed by atoms with Crippen molar-refractivity contribution in [3.8, 4) is 0 Å². The van der Waals surface area contributed by atoms with Gasteiger partial charge in [-0.2, -0.15) is 0 Å². The summed E-state index contributed by atoms with van der Waals surface area (Å²) >= 11 is 5.91. The first kappa shape index (κ1) is 12.5. The standard InChI is InChI=1S/C14H10ClN3O2/c15-9-4-5-11-12(7-9)18-14(17-11)16-10-3-1-2-8(6-10)13(19)20/h1-7H,(H,19,20)(H2,16,17,18). The summed E-state index contributed by atoms with van der Waals surface area (Å²) in [6, 6.07) is 11.9. The Labute approximate surface area is 119 Å². The van der Waals surface area contributed by atoms with Crippen molar-refractivity contribution in [2.75, 3.05) is 5.32 Å². The minimum atomic E-state index is -0.968. The van der Waals surface area contributed by atoms with E-state index >= 15 is 0 Å². The van der Waals surface area contributed by atoms with Crippen LogP contribution in [0.3, 0.4) is 0 Å². The largest absolute Gasteiger partial charge is 0.478 e. The van der Waals surface area contributed by atoms with Crippen molar-refractivity contribution in [3.63, 3.8) is 0 Å². The van der Waals surface area contributed by atoms with Crippen molar-refractivity contribution in [2.24, 2.45) is 0 Å². The van der Waals surface area contributed by atoms with E-state index in [-0.39, 0.29) is 5.56 Å². The van der Waals surface area contributed by atoms with Crippen molar-refractivity contribution in [2.45, 2.75) is 0 Å². The molecule has 0 spiro atoms.